The van der Waals surface area contributed by atoms with Gasteiger partial charge in [0.2, 0.25) is 0 Å². The Morgan fingerprint density at radius 1 is 1.40 bits per heavy atom. The van der Waals surface area contributed by atoms with Gasteiger partial charge in [-0.1, -0.05) is 27.2 Å². The van der Waals surface area contributed by atoms with Crippen LogP contribution < -0.4 is 0 Å². The van der Waals surface area contributed by atoms with Crippen LogP contribution in [0, 0.1) is 30.3 Å². The Morgan fingerprint density at radius 3 is 2.60 bits per heavy atom. The Balaban J connectivity index is 2.65. The molecule has 3 atom stereocenters. The van der Waals surface area contributed by atoms with E-state index in [9.17, 15) is 4.79 Å². The Morgan fingerprint density at radius 2 is 2.07 bits per heavy atom. The monoisotopic (exact) mass is 211 g/mol. The number of hydrogen-bond donors (Lipinski definition) is 0. The maximum Gasteiger partial charge on any atom is 0.309 e. The Kier molecular flexibility index (Phi) is 4.62. The first-order chi connectivity index (χ1) is 7.06. The second kappa shape index (κ2) is 5.53. The van der Waals surface area contributed by atoms with E-state index in [2.05, 4.69) is 20.8 Å². The third-order valence-electron chi connectivity index (χ3n) is 3.56. The van der Waals surface area contributed by atoms with Crippen molar-refractivity contribution in [3.05, 3.63) is 6.61 Å². The van der Waals surface area contributed by atoms with Crippen molar-refractivity contribution < 1.29 is 9.53 Å². The molecule has 1 fully saturated rings. The van der Waals surface area contributed by atoms with E-state index < -0.39 is 0 Å². The quantitative estimate of drug-likeness (QED) is 0.669. The summed E-state index contributed by atoms with van der Waals surface area (Å²) >= 11 is 0. The number of esters is 1. The molecule has 0 aromatic rings. The van der Waals surface area contributed by atoms with Crippen LogP contribution in [0.25, 0.3) is 0 Å². The highest BCUT2D eigenvalue weighted by molar-refractivity contribution is 5.73. The van der Waals surface area contributed by atoms with Gasteiger partial charge in [0, 0.05) is 0 Å². The first-order valence-electron chi connectivity index (χ1n) is 6.04. The molecule has 0 aromatic carbocycles. The van der Waals surface area contributed by atoms with Crippen molar-refractivity contribution in [1.82, 2.24) is 0 Å². The van der Waals surface area contributed by atoms with Crippen LogP contribution in [0.2, 0.25) is 0 Å². The first kappa shape index (κ1) is 12.5. The lowest BCUT2D eigenvalue weighted by atomic mass is 9.70. The summed E-state index contributed by atoms with van der Waals surface area (Å²) in [7, 11) is 0. The molecule has 0 spiro atoms. The molecule has 87 valence electrons. The van der Waals surface area contributed by atoms with Gasteiger partial charge >= 0.3 is 5.97 Å². The average molecular weight is 211 g/mol. The highest BCUT2D eigenvalue weighted by atomic mass is 16.5. The minimum atomic E-state index is -0.0252. The molecule has 1 radical (unpaired) electrons. The van der Waals surface area contributed by atoms with Crippen LogP contribution in [0.5, 0.6) is 0 Å². The minimum Gasteiger partial charge on any atom is -0.459 e. The molecule has 2 heteroatoms. The molecule has 0 bridgehead atoms. The molecule has 2 nitrogen and oxygen atoms in total. The fourth-order valence-electron chi connectivity index (χ4n) is 2.68. The molecule has 0 amide bonds. The Hall–Kier alpha value is -0.530. The second-order valence-corrected chi connectivity index (χ2v) is 5.11. The number of carbonyl (C=O) groups excluding carboxylic acids is 1. The molecular weight excluding hydrogens is 188 g/mol. The average Bonchev–Trinajstić information content (AvgIpc) is 2.17. The van der Waals surface area contributed by atoms with Crippen LogP contribution in [-0.2, 0) is 9.53 Å². The lowest BCUT2D eigenvalue weighted by molar-refractivity contribution is -0.149. The maximum absolute atomic E-state index is 11.8. The van der Waals surface area contributed by atoms with Crippen molar-refractivity contribution in [2.45, 2.75) is 47.0 Å². The van der Waals surface area contributed by atoms with Gasteiger partial charge < -0.3 is 4.74 Å². The van der Waals surface area contributed by atoms with Gasteiger partial charge in [0.15, 0.2) is 0 Å². The van der Waals surface area contributed by atoms with Gasteiger partial charge in [-0.3, -0.25) is 4.79 Å². The fourth-order valence-corrected chi connectivity index (χ4v) is 2.68. The molecular formula is C13H23O2. The summed E-state index contributed by atoms with van der Waals surface area (Å²) in [6.07, 6.45) is 3.42. The van der Waals surface area contributed by atoms with Gasteiger partial charge in [-0.15, -0.1) is 0 Å². The van der Waals surface area contributed by atoms with E-state index >= 15 is 0 Å². The summed E-state index contributed by atoms with van der Waals surface area (Å²) in [5.74, 6) is 1.84. The van der Waals surface area contributed by atoms with Crippen molar-refractivity contribution >= 4 is 5.97 Å². The van der Waals surface area contributed by atoms with Crippen LogP contribution in [0.3, 0.4) is 0 Å². The smallest absolute Gasteiger partial charge is 0.309 e. The standard InChI is InChI=1S/C13H23O2/c1-5-15-13(14)12-8-10(4)6-7-11(12)9(2)3/h5,9-12H,6-8H2,1-4H3. The molecule has 1 aliphatic carbocycles. The zero-order valence-corrected chi connectivity index (χ0v) is 10.3. The minimum absolute atomic E-state index is 0.0252. The van der Waals surface area contributed by atoms with E-state index in [0.29, 0.717) is 17.8 Å². The van der Waals surface area contributed by atoms with Gasteiger partial charge in [-0.2, -0.15) is 0 Å². The summed E-state index contributed by atoms with van der Waals surface area (Å²) in [6, 6.07) is 0. The molecule has 1 saturated carbocycles. The van der Waals surface area contributed by atoms with Crippen molar-refractivity contribution in [3.63, 3.8) is 0 Å². The predicted molar refractivity (Wildman–Crippen MR) is 60.9 cm³/mol. The fraction of sp³-hybridized carbons (Fsp3) is 0.846. The molecule has 0 aromatic heterocycles. The summed E-state index contributed by atoms with van der Waals surface area (Å²) in [6.45, 7) is 9.90. The van der Waals surface area contributed by atoms with Crippen molar-refractivity contribution in [3.8, 4) is 0 Å². The van der Waals surface area contributed by atoms with E-state index in [0.717, 1.165) is 6.42 Å². The number of hydrogen-bond acceptors (Lipinski definition) is 2. The van der Waals surface area contributed by atoms with E-state index in [-0.39, 0.29) is 11.9 Å². The topological polar surface area (TPSA) is 26.3 Å². The summed E-state index contributed by atoms with van der Waals surface area (Å²) in [5, 5.41) is 0. The van der Waals surface area contributed by atoms with Crippen molar-refractivity contribution in [2.24, 2.45) is 23.7 Å². The third kappa shape index (κ3) is 3.22. The Bertz CT molecular complexity index is 211. The number of ether oxygens (including phenoxy) is 1. The van der Waals surface area contributed by atoms with E-state index in [4.69, 9.17) is 4.74 Å². The lowest BCUT2D eigenvalue weighted by Crippen LogP contribution is -2.34. The number of rotatable bonds is 3. The van der Waals surface area contributed by atoms with E-state index in [1.807, 2.05) is 0 Å². The van der Waals surface area contributed by atoms with Gasteiger partial charge in [0.1, 0.15) is 6.61 Å². The molecule has 0 N–H and O–H groups in total. The third-order valence-corrected chi connectivity index (χ3v) is 3.56. The summed E-state index contributed by atoms with van der Waals surface area (Å²) in [5.41, 5.74) is 0. The summed E-state index contributed by atoms with van der Waals surface area (Å²) < 4.78 is 5.05. The molecule has 1 rings (SSSR count). The van der Waals surface area contributed by atoms with Gasteiger partial charge in [-0.25, -0.2) is 0 Å². The SMILES string of the molecule is C[CH]OC(=O)C1CC(C)CCC1C(C)C. The van der Waals surface area contributed by atoms with Crippen molar-refractivity contribution in [2.75, 3.05) is 0 Å². The van der Waals surface area contributed by atoms with Crippen molar-refractivity contribution in [1.29, 1.82) is 0 Å². The van der Waals surface area contributed by atoms with Crippen LogP contribution >= 0.6 is 0 Å². The van der Waals surface area contributed by atoms with Gasteiger partial charge in [-0.05, 0) is 37.5 Å². The van der Waals surface area contributed by atoms with E-state index in [1.54, 1.807) is 6.92 Å². The van der Waals surface area contributed by atoms with Gasteiger partial charge in [0.05, 0.1) is 5.92 Å². The van der Waals surface area contributed by atoms with E-state index in [1.165, 1.54) is 19.4 Å². The molecule has 0 aliphatic heterocycles. The zero-order chi connectivity index (χ0) is 11.4. The van der Waals surface area contributed by atoms with Gasteiger partial charge in [0.25, 0.3) is 0 Å². The molecule has 1 aliphatic rings. The van der Waals surface area contributed by atoms with Crippen LogP contribution in [0.15, 0.2) is 0 Å². The molecule has 0 saturated heterocycles. The largest absolute Gasteiger partial charge is 0.459 e. The molecule has 0 heterocycles. The second-order valence-electron chi connectivity index (χ2n) is 5.11. The highest BCUT2D eigenvalue weighted by Gasteiger charge is 2.36. The normalized spacial score (nSPS) is 31.7. The van der Waals surface area contributed by atoms with Crippen LogP contribution in [0.1, 0.15) is 47.0 Å². The predicted octanol–water partition coefficient (Wildman–Crippen LogP) is 3.42. The number of carbonyl (C=O) groups is 1. The Labute approximate surface area is 93.4 Å². The van der Waals surface area contributed by atoms with Crippen LogP contribution in [0.4, 0.5) is 0 Å². The zero-order valence-electron chi connectivity index (χ0n) is 10.3. The molecule has 15 heavy (non-hydrogen) atoms. The van der Waals surface area contributed by atoms with Crippen LogP contribution in [-0.4, -0.2) is 5.97 Å². The lowest BCUT2D eigenvalue weighted by Gasteiger charge is -2.35. The summed E-state index contributed by atoms with van der Waals surface area (Å²) in [4.78, 5) is 11.8. The molecule has 3 unspecified atom stereocenters. The highest BCUT2D eigenvalue weighted by Crippen LogP contribution is 2.38. The maximum atomic E-state index is 11.8. The first-order valence-corrected chi connectivity index (χ1v) is 6.04.